The van der Waals surface area contributed by atoms with Gasteiger partial charge in [0.25, 0.3) is 0 Å². The Labute approximate surface area is 152 Å². The Morgan fingerprint density at radius 1 is 1.12 bits per heavy atom. The van der Waals surface area contributed by atoms with Crippen LogP contribution in [0.2, 0.25) is 0 Å². The zero-order chi connectivity index (χ0) is 18.5. The predicted octanol–water partition coefficient (Wildman–Crippen LogP) is 2.72. The number of methoxy groups -OCH3 is 2. The lowest BCUT2D eigenvalue weighted by Gasteiger charge is -2.10. The van der Waals surface area contributed by atoms with Crippen molar-refractivity contribution in [1.29, 1.82) is 0 Å². The Bertz CT molecular complexity index is 918. The van der Waals surface area contributed by atoms with Gasteiger partial charge in [-0.2, -0.15) is 5.10 Å². The number of nitrogens with one attached hydrogen (secondary N) is 1. The number of para-hydroxylation sites is 1. The van der Waals surface area contributed by atoms with E-state index in [-0.39, 0.29) is 12.5 Å². The summed E-state index contributed by atoms with van der Waals surface area (Å²) >= 11 is 0. The molecule has 26 heavy (non-hydrogen) atoms. The number of nitrogens with zero attached hydrogens (tertiary/aromatic N) is 2. The smallest absolute Gasteiger partial charge is 0.241 e. The molecule has 1 N–H and O–H groups in total. The van der Waals surface area contributed by atoms with Crippen LogP contribution in [0.1, 0.15) is 11.3 Å². The van der Waals surface area contributed by atoms with E-state index in [1.165, 1.54) is 0 Å². The van der Waals surface area contributed by atoms with Crippen LogP contribution in [0.4, 0.5) is 0 Å². The molecule has 6 heteroatoms. The highest BCUT2D eigenvalue weighted by Crippen LogP contribution is 2.27. The largest absolute Gasteiger partial charge is 0.493 e. The lowest BCUT2D eigenvalue weighted by Crippen LogP contribution is -2.29. The molecule has 6 nitrogen and oxygen atoms in total. The second-order valence-corrected chi connectivity index (χ2v) is 6.05. The Balaban J connectivity index is 1.57. The third-order valence-electron chi connectivity index (χ3n) is 4.32. The zero-order valence-corrected chi connectivity index (χ0v) is 15.3. The van der Waals surface area contributed by atoms with Gasteiger partial charge >= 0.3 is 0 Å². The second-order valence-electron chi connectivity index (χ2n) is 6.05. The monoisotopic (exact) mass is 353 g/mol. The number of fused-ring (bicyclic) bond motifs is 1. The van der Waals surface area contributed by atoms with E-state index < -0.39 is 0 Å². The van der Waals surface area contributed by atoms with Crippen LogP contribution in [0, 0.1) is 6.92 Å². The average Bonchev–Trinajstić information content (AvgIpc) is 2.97. The minimum atomic E-state index is -0.0567. The summed E-state index contributed by atoms with van der Waals surface area (Å²) < 4.78 is 12.3. The summed E-state index contributed by atoms with van der Waals surface area (Å²) in [5, 5.41) is 8.49. The van der Waals surface area contributed by atoms with Crippen molar-refractivity contribution in [3.05, 3.63) is 53.7 Å². The van der Waals surface area contributed by atoms with Gasteiger partial charge in [0.05, 0.1) is 25.4 Å². The number of carbonyl (C=O) groups excluding carboxylic acids is 1. The Hall–Kier alpha value is -3.02. The van der Waals surface area contributed by atoms with Gasteiger partial charge in [-0.05, 0) is 37.1 Å². The number of carbonyl (C=O) groups is 1. The van der Waals surface area contributed by atoms with E-state index in [9.17, 15) is 4.79 Å². The molecule has 2 aromatic carbocycles. The molecule has 3 aromatic rings. The van der Waals surface area contributed by atoms with E-state index in [4.69, 9.17) is 9.47 Å². The van der Waals surface area contributed by atoms with Crippen LogP contribution in [0.15, 0.2) is 42.5 Å². The van der Waals surface area contributed by atoms with Gasteiger partial charge in [-0.15, -0.1) is 0 Å². The fourth-order valence-corrected chi connectivity index (χ4v) is 2.99. The van der Waals surface area contributed by atoms with Crippen molar-refractivity contribution in [3.63, 3.8) is 0 Å². The predicted molar refractivity (Wildman–Crippen MR) is 101 cm³/mol. The van der Waals surface area contributed by atoms with Crippen molar-refractivity contribution < 1.29 is 14.3 Å². The van der Waals surface area contributed by atoms with Crippen LogP contribution < -0.4 is 14.8 Å². The molecule has 1 heterocycles. The molecule has 0 aliphatic carbocycles. The molecule has 1 aromatic heterocycles. The van der Waals surface area contributed by atoms with Gasteiger partial charge in [-0.25, -0.2) is 0 Å². The van der Waals surface area contributed by atoms with Gasteiger partial charge in [0.15, 0.2) is 11.5 Å². The van der Waals surface area contributed by atoms with Crippen LogP contribution in [0.25, 0.3) is 10.9 Å². The van der Waals surface area contributed by atoms with Crippen molar-refractivity contribution in [2.45, 2.75) is 19.9 Å². The number of benzene rings is 2. The highest BCUT2D eigenvalue weighted by molar-refractivity contribution is 5.84. The third-order valence-corrected chi connectivity index (χ3v) is 4.32. The maximum atomic E-state index is 12.3. The molecular formula is C20H23N3O3. The van der Waals surface area contributed by atoms with E-state index in [1.807, 2.05) is 49.4 Å². The Kier molecular flexibility index (Phi) is 5.41. The summed E-state index contributed by atoms with van der Waals surface area (Å²) in [6, 6.07) is 13.7. The molecule has 0 aliphatic rings. The first-order valence-electron chi connectivity index (χ1n) is 8.52. The summed E-state index contributed by atoms with van der Waals surface area (Å²) in [6.07, 6.45) is 0.713. The van der Waals surface area contributed by atoms with Crippen molar-refractivity contribution in [1.82, 2.24) is 15.1 Å². The fourth-order valence-electron chi connectivity index (χ4n) is 2.99. The van der Waals surface area contributed by atoms with E-state index in [0.29, 0.717) is 24.5 Å². The number of hydrogen-bond acceptors (Lipinski definition) is 4. The molecule has 0 saturated carbocycles. The minimum Gasteiger partial charge on any atom is -0.493 e. The number of rotatable bonds is 7. The molecular weight excluding hydrogens is 330 g/mol. The van der Waals surface area contributed by atoms with Crippen LogP contribution >= 0.6 is 0 Å². The number of ether oxygens (including phenoxy) is 2. The van der Waals surface area contributed by atoms with Crippen molar-refractivity contribution >= 4 is 16.8 Å². The molecule has 0 spiro atoms. The van der Waals surface area contributed by atoms with E-state index >= 15 is 0 Å². The number of amides is 1. The third kappa shape index (κ3) is 3.79. The van der Waals surface area contributed by atoms with Crippen LogP contribution in [0.5, 0.6) is 11.5 Å². The topological polar surface area (TPSA) is 65.4 Å². The zero-order valence-electron chi connectivity index (χ0n) is 15.3. The maximum Gasteiger partial charge on any atom is 0.241 e. The summed E-state index contributed by atoms with van der Waals surface area (Å²) in [5.41, 5.74) is 2.97. The Morgan fingerprint density at radius 3 is 2.65 bits per heavy atom. The highest BCUT2D eigenvalue weighted by Gasteiger charge is 2.10. The van der Waals surface area contributed by atoms with Crippen LogP contribution in [-0.4, -0.2) is 36.5 Å². The summed E-state index contributed by atoms with van der Waals surface area (Å²) in [5.74, 6) is 1.33. The molecule has 136 valence electrons. The first-order valence-corrected chi connectivity index (χ1v) is 8.52. The average molecular weight is 353 g/mol. The number of hydrogen-bond donors (Lipinski definition) is 1. The summed E-state index contributed by atoms with van der Waals surface area (Å²) in [6.45, 7) is 2.71. The number of aromatic nitrogens is 2. The quantitative estimate of drug-likeness (QED) is 0.709. The SMILES string of the molecule is COc1ccc(CCNC(=O)Cn2nc(C)c3ccccc32)cc1OC. The molecule has 0 aliphatic heterocycles. The summed E-state index contributed by atoms with van der Waals surface area (Å²) in [7, 11) is 3.22. The lowest BCUT2D eigenvalue weighted by atomic mass is 10.1. The van der Waals surface area contributed by atoms with Crippen molar-refractivity contribution in [3.8, 4) is 11.5 Å². The van der Waals surface area contributed by atoms with Gasteiger partial charge in [0, 0.05) is 11.9 Å². The first-order chi connectivity index (χ1) is 12.6. The van der Waals surface area contributed by atoms with Crippen molar-refractivity contribution in [2.24, 2.45) is 0 Å². The minimum absolute atomic E-state index is 0.0567. The molecule has 0 unspecified atom stereocenters. The molecule has 0 saturated heterocycles. The molecule has 0 atom stereocenters. The molecule has 1 amide bonds. The molecule has 0 bridgehead atoms. The van der Waals surface area contributed by atoms with Gasteiger partial charge < -0.3 is 14.8 Å². The van der Waals surface area contributed by atoms with E-state index in [0.717, 1.165) is 22.2 Å². The normalized spacial score (nSPS) is 10.7. The fraction of sp³-hybridized carbons (Fsp3) is 0.300. The number of aryl methyl sites for hydroxylation is 1. The van der Waals surface area contributed by atoms with E-state index in [2.05, 4.69) is 10.4 Å². The van der Waals surface area contributed by atoms with Crippen LogP contribution in [-0.2, 0) is 17.8 Å². The van der Waals surface area contributed by atoms with Crippen molar-refractivity contribution in [2.75, 3.05) is 20.8 Å². The lowest BCUT2D eigenvalue weighted by molar-refractivity contribution is -0.121. The maximum absolute atomic E-state index is 12.3. The van der Waals surface area contributed by atoms with Gasteiger partial charge in [0.2, 0.25) is 5.91 Å². The van der Waals surface area contributed by atoms with Gasteiger partial charge in [-0.1, -0.05) is 24.3 Å². The highest BCUT2D eigenvalue weighted by atomic mass is 16.5. The standard InChI is InChI=1S/C20H23N3O3/c1-14-16-6-4-5-7-17(16)23(22-14)13-20(24)21-11-10-15-8-9-18(25-2)19(12-15)26-3/h4-9,12H,10-11,13H2,1-3H3,(H,21,24). The Morgan fingerprint density at radius 2 is 1.88 bits per heavy atom. The van der Waals surface area contributed by atoms with Crippen LogP contribution in [0.3, 0.4) is 0 Å². The molecule has 3 rings (SSSR count). The summed E-state index contributed by atoms with van der Waals surface area (Å²) in [4.78, 5) is 12.3. The first kappa shape index (κ1) is 17.8. The second kappa shape index (κ2) is 7.91. The van der Waals surface area contributed by atoms with Gasteiger partial charge in [-0.3, -0.25) is 9.48 Å². The molecule has 0 radical (unpaired) electrons. The van der Waals surface area contributed by atoms with E-state index in [1.54, 1.807) is 18.9 Å². The van der Waals surface area contributed by atoms with Gasteiger partial charge in [0.1, 0.15) is 6.54 Å². The molecule has 0 fully saturated rings.